The number of anilines is 1. The maximum Gasteiger partial charge on any atom is 0.242 e. The van der Waals surface area contributed by atoms with Crippen molar-refractivity contribution in [3.05, 3.63) is 24.3 Å². The minimum absolute atomic E-state index is 0.0223. The van der Waals surface area contributed by atoms with Crippen LogP contribution >= 0.6 is 0 Å². The molecule has 1 amide bonds. The molecule has 0 aromatic heterocycles. The molecule has 1 aromatic carbocycles. The predicted octanol–water partition coefficient (Wildman–Crippen LogP) is 2.02. The number of benzene rings is 1. The fourth-order valence-electron chi connectivity index (χ4n) is 1.47. The molecule has 0 aliphatic rings. The van der Waals surface area contributed by atoms with E-state index >= 15 is 0 Å². The first-order valence-corrected chi connectivity index (χ1v) is 5.74. The van der Waals surface area contributed by atoms with Crippen LogP contribution in [0.25, 0.3) is 0 Å². The largest absolute Gasteiger partial charge is 0.495 e. The van der Waals surface area contributed by atoms with Crippen molar-refractivity contribution in [3.63, 3.8) is 0 Å². The molecule has 1 rings (SSSR count). The Morgan fingerprint density at radius 1 is 1.24 bits per heavy atom. The third-order valence-corrected chi connectivity index (χ3v) is 2.30. The van der Waals surface area contributed by atoms with E-state index in [0.717, 1.165) is 11.4 Å². The quantitative estimate of drug-likeness (QED) is 0.822. The Kier molecular flexibility index (Phi) is 4.82. The fraction of sp³-hybridized carbons (Fsp3) is 0.462. The van der Waals surface area contributed by atoms with Gasteiger partial charge in [0.2, 0.25) is 5.91 Å². The molecule has 1 atom stereocenters. The highest BCUT2D eigenvalue weighted by molar-refractivity contribution is 5.84. The molecule has 0 aliphatic heterocycles. The number of para-hydroxylation sites is 2. The molecule has 0 radical (unpaired) electrons. The van der Waals surface area contributed by atoms with Crippen LogP contribution in [0.1, 0.15) is 20.8 Å². The summed E-state index contributed by atoms with van der Waals surface area (Å²) < 4.78 is 5.21. The summed E-state index contributed by atoms with van der Waals surface area (Å²) in [6, 6.07) is 7.38. The van der Waals surface area contributed by atoms with E-state index in [2.05, 4.69) is 10.6 Å². The molecule has 1 aromatic rings. The first kappa shape index (κ1) is 13.4. The molecule has 0 saturated heterocycles. The number of methoxy groups -OCH3 is 1. The van der Waals surface area contributed by atoms with Gasteiger partial charge in [-0.05, 0) is 32.9 Å². The molecule has 0 fully saturated rings. The zero-order chi connectivity index (χ0) is 12.8. The lowest BCUT2D eigenvalue weighted by Crippen LogP contribution is -2.41. The highest BCUT2D eigenvalue weighted by atomic mass is 16.5. The molecule has 0 heterocycles. The van der Waals surface area contributed by atoms with Crippen LogP contribution in [0.2, 0.25) is 0 Å². The lowest BCUT2D eigenvalue weighted by Gasteiger charge is -2.18. The molecule has 17 heavy (non-hydrogen) atoms. The van der Waals surface area contributed by atoms with Gasteiger partial charge in [-0.3, -0.25) is 4.79 Å². The fourth-order valence-corrected chi connectivity index (χ4v) is 1.47. The average molecular weight is 236 g/mol. The SMILES string of the molecule is COc1ccccc1N[C@H](C)C(=O)NC(C)C. The van der Waals surface area contributed by atoms with Gasteiger partial charge in [-0.1, -0.05) is 12.1 Å². The van der Waals surface area contributed by atoms with Crippen molar-refractivity contribution in [1.82, 2.24) is 5.32 Å². The van der Waals surface area contributed by atoms with Crippen molar-refractivity contribution >= 4 is 11.6 Å². The Morgan fingerprint density at radius 2 is 1.88 bits per heavy atom. The van der Waals surface area contributed by atoms with Crippen molar-refractivity contribution < 1.29 is 9.53 Å². The summed E-state index contributed by atoms with van der Waals surface area (Å²) in [6.45, 7) is 5.70. The summed E-state index contributed by atoms with van der Waals surface area (Å²) in [5.74, 6) is 0.711. The van der Waals surface area contributed by atoms with Crippen LogP contribution in [0.4, 0.5) is 5.69 Å². The number of carbonyl (C=O) groups excluding carboxylic acids is 1. The van der Waals surface area contributed by atoms with Gasteiger partial charge in [0.15, 0.2) is 0 Å². The maximum absolute atomic E-state index is 11.7. The Morgan fingerprint density at radius 3 is 2.47 bits per heavy atom. The van der Waals surface area contributed by atoms with Crippen molar-refractivity contribution in [1.29, 1.82) is 0 Å². The number of hydrogen-bond donors (Lipinski definition) is 2. The molecular formula is C13H20N2O2. The smallest absolute Gasteiger partial charge is 0.242 e. The highest BCUT2D eigenvalue weighted by Crippen LogP contribution is 2.23. The van der Waals surface area contributed by atoms with Crippen LogP contribution in [-0.4, -0.2) is 25.1 Å². The Labute approximate surface area is 102 Å². The van der Waals surface area contributed by atoms with Gasteiger partial charge in [0.05, 0.1) is 12.8 Å². The number of nitrogens with one attached hydrogen (secondary N) is 2. The number of ether oxygens (including phenoxy) is 1. The topological polar surface area (TPSA) is 50.4 Å². The number of rotatable bonds is 5. The van der Waals surface area contributed by atoms with E-state index in [1.807, 2.05) is 45.0 Å². The minimum Gasteiger partial charge on any atom is -0.495 e. The number of amides is 1. The molecule has 0 saturated carbocycles. The van der Waals surface area contributed by atoms with Crippen LogP contribution in [-0.2, 0) is 4.79 Å². The second-order valence-corrected chi connectivity index (χ2v) is 4.23. The van der Waals surface area contributed by atoms with Gasteiger partial charge < -0.3 is 15.4 Å². The average Bonchev–Trinajstić information content (AvgIpc) is 2.28. The minimum atomic E-state index is -0.298. The van der Waals surface area contributed by atoms with Gasteiger partial charge in [0.1, 0.15) is 11.8 Å². The van der Waals surface area contributed by atoms with Crippen molar-refractivity contribution in [3.8, 4) is 5.75 Å². The summed E-state index contributed by atoms with van der Waals surface area (Å²) in [5.41, 5.74) is 0.821. The van der Waals surface area contributed by atoms with E-state index in [4.69, 9.17) is 4.74 Å². The van der Waals surface area contributed by atoms with E-state index < -0.39 is 0 Å². The lowest BCUT2D eigenvalue weighted by molar-refractivity contribution is -0.122. The predicted molar refractivity (Wildman–Crippen MR) is 69.4 cm³/mol. The van der Waals surface area contributed by atoms with E-state index in [0.29, 0.717) is 0 Å². The van der Waals surface area contributed by atoms with Crippen LogP contribution in [0.15, 0.2) is 24.3 Å². The summed E-state index contributed by atoms with van der Waals surface area (Å²) in [4.78, 5) is 11.7. The second-order valence-electron chi connectivity index (χ2n) is 4.23. The summed E-state index contributed by atoms with van der Waals surface area (Å²) in [6.07, 6.45) is 0. The van der Waals surface area contributed by atoms with E-state index in [9.17, 15) is 4.79 Å². The Bertz CT molecular complexity index is 377. The van der Waals surface area contributed by atoms with E-state index in [1.165, 1.54) is 0 Å². The maximum atomic E-state index is 11.7. The van der Waals surface area contributed by atoms with Gasteiger partial charge >= 0.3 is 0 Å². The zero-order valence-corrected chi connectivity index (χ0v) is 10.8. The normalized spacial score (nSPS) is 12.1. The van der Waals surface area contributed by atoms with Crippen molar-refractivity contribution in [2.45, 2.75) is 32.9 Å². The molecule has 0 unspecified atom stereocenters. The van der Waals surface area contributed by atoms with Crippen LogP contribution < -0.4 is 15.4 Å². The standard InChI is InChI=1S/C13H20N2O2/c1-9(2)14-13(16)10(3)15-11-7-5-6-8-12(11)17-4/h5-10,15H,1-4H3,(H,14,16)/t10-/m1/s1. The van der Waals surface area contributed by atoms with Gasteiger partial charge in [-0.2, -0.15) is 0 Å². The lowest BCUT2D eigenvalue weighted by atomic mass is 10.2. The molecule has 0 aliphatic carbocycles. The van der Waals surface area contributed by atoms with Gasteiger partial charge in [0, 0.05) is 6.04 Å². The molecule has 4 nitrogen and oxygen atoms in total. The van der Waals surface area contributed by atoms with E-state index in [1.54, 1.807) is 7.11 Å². The summed E-state index contributed by atoms with van der Waals surface area (Å²) in [5, 5.41) is 5.99. The van der Waals surface area contributed by atoms with Gasteiger partial charge in [0.25, 0.3) is 0 Å². The Balaban J connectivity index is 2.67. The van der Waals surface area contributed by atoms with Crippen molar-refractivity contribution in [2.75, 3.05) is 12.4 Å². The monoisotopic (exact) mass is 236 g/mol. The molecule has 0 spiro atoms. The van der Waals surface area contributed by atoms with Crippen LogP contribution in [0.3, 0.4) is 0 Å². The van der Waals surface area contributed by atoms with Gasteiger partial charge in [-0.25, -0.2) is 0 Å². The second kappa shape index (κ2) is 6.13. The Hall–Kier alpha value is -1.71. The van der Waals surface area contributed by atoms with Crippen LogP contribution in [0, 0.1) is 0 Å². The number of carbonyl (C=O) groups is 1. The summed E-state index contributed by atoms with van der Waals surface area (Å²) in [7, 11) is 1.61. The zero-order valence-electron chi connectivity index (χ0n) is 10.8. The molecule has 4 heteroatoms. The molecular weight excluding hydrogens is 216 g/mol. The van der Waals surface area contributed by atoms with Gasteiger partial charge in [-0.15, -0.1) is 0 Å². The molecule has 0 bridgehead atoms. The first-order valence-electron chi connectivity index (χ1n) is 5.74. The van der Waals surface area contributed by atoms with Crippen molar-refractivity contribution in [2.24, 2.45) is 0 Å². The number of hydrogen-bond acceptors (Lipinski definition) is 3. The third-order valence-electron chi connectivity index (χ3n) is 2.30. The highest BCUT2D eigenvalue weighted by Gasteiger charge is 2.14. The third kappa shape index (κ3) is 3.98. The molecule has 94 valence electrons. The first-order chi connectivity index (χ1) is 8.04. The summed E-state index contributed by atoms with van der Waals surface area (Å²) >= 11 is 0. The molecule has 2 N–H and O–H groups in total. The van der Waals surface area contributed by atoms with Crippen LogP contribution in [0.5, 0.6) is 5.75 Å². The van der Waals surface area contributed by atoms with E-state index in [-0.39, 0.29) is 18.0 Å².